The van der Waals surface area contributed by atoms with Crippen LogP contribution in [0.25, 0.3) is 11.0 Å². The van der Waals surface area contributed by atoms with Crippen molar-refractivity contribution >= 4 is 22.6 Å². The quantitative estimate of drug-likeness (QED) is 0.610. The number of pyridine rings is 2. The van der Waals surface area contributed by atoms with Gasteiger partial charge in [0, 0.05) is 42.9 Å². The van der Waals surface area contributed by atoms with Crippen molar-refractivity contribution in [2.75, 3.05) is 18.5 Å². The van der Waals surface area contributed by atoms with Crippen LogP contribution in [0.2, 0.25) is 0 Å². The molecular weight excluding hydrogens is 410 g/mol. The molecule has 1 amide bonds. The second-order valence-corrected chi connectivity index (χ2v) is 8.82. The Bertz CT molecular complexity index is 1200. The van der Waals surface area contributed by atoms with E-state index in [4.69, 9.17) is 9.47 Å². The first kappa shape index (κ1) is 20.7. The van der Waals surface area contributed by atoms with Gasteiger partial charge in [-0.3, -0.25) is 14.3 Å². The molecule has 0 aromatic carbocycles. The van der Waals surface area contributed by atoms with Gasteiger partial charge < -0.3 is 19.4 Å². The molecule has 168 valence electrons. The van der Waals surface area contributed by atoms with Gasteiger partial charge in [-0.05, 0) is 51.3 Å². The van der Waals surface area contributed by atoms with Crippen LogP contribution in [0.4, 0.5) is 5.69 Å². The monoisotopic (exact) mass is 437 g/mol. The number of fused-ring (bicyclic) bond motifs is 1. The van der Waals surface area contributed by atoms with E-state index in [2.05, 4.69) is 15.4 Å². The van der Waals surface area contributed by atoms with Crippen molar-refractivity contribution in [3.8, 4) is 5.88 Å². The zero-order valence-electron chi connectivity index (χ0n) is 18.3. The van der Waals surface area contributed by atoms with E-state index in [0.717, 1.165) is 44.4 Å². The molecule has 2 aliphatic rings. The van der Waals surface area contributed by atoms with Crippen LogP contribution in [0.1, 0.15) is 49.5 Å². The maximum atomic E-state index is 13.2. The number of rotatable bonds is 7. The number of nitrogens with one attached hydrogen (secondary N) is 1. The number of anilines is 1. The third-order valence-corrected chi connectivity index (χ3v) is 5.73. The van der Waals surface area contributed by atoms with E-state index in [1.54, 1.807) is 29.0 Å². The summed E-state index contributed by atoms with van der Waals surface area (Å²) in [6.45, 7) is 6.00. The van der Waals surface area contributed by atoms with Gasteiger partial charge in [-0.2, -0.15) is 10.1 Å². The third kappa shape index (κ3) is 4.25. The van der Waals surface area contributed by atoms with Crippen LogP contribution in [0, 0.1) is 5.92 Å². The summed E-state index contributed by atoms with van der Waals surface area (Å²) in [5, 5.41) is 8.07. The number of ether oxygens (including phenoxy) is 2. The van der Waals surface area contributed by atoms with Gasteiger partial charge in [-0.1, -0.05) is 0 Å². The summed E-state index contributed by atoms with van der Waals surface area (Å²) in [6, 6.07) is 5.36. The van der Waals surface area contributed by atoms with Crippen LogP contribution < -0.4 is 15.6 Å². The highest BCUT2D eigenvalue weighted by atomic mass is 16.5. The molecule has 1 N–H and O–H groups in total. The summed E-state index contributed by atoms with van der Waals surface area (Å²) in [5.41, 5.74) is 0.843. The average Bonchev–Trinajstić information content (AvgIpc) is 3.32. The topological polar surface area (TPSA) is 100 Å². The molecule has 2 fully saturated rings. The van der Waals surface area contributed by atoms with Crippen LogP contribution in [-0.4, -0.2) is 44.6 Å². The molecular formula is C23H27N5O4. The van der Waals surface area contributed by atoms with Gasteiger partial charge >= 0.3 is 0 Å². The van der Waals surface area contributed by atoms with Gasteiger partial charge in [-0.15, -0.1) is 0 Å². The first-order valence-corrected chi connectivity index (χ1v) is 11.1. The number of hydrogen-bond donors (Lipinski definition) is 1. The standard InChI is InChI=1S/C23H27N5O4/c1-14(2)32-22-18(21(29)24-19-4-3-8-28(23(19)30)17-5-6-17)10-16-12-27(26-20(16)25-22)11-15-7-9-31-13-15/h3-4,8,10,12,14-15,17H,5-7,9,11,13H2,1-2H3,(H,24,29). The van der Waals surface area contributed by atoms with Crippen LogP contribution in [0.3, 0.4) is 0 Å². The lowest BCUT2D eigenvalue weighted by Gasteiger charge is -2.13. The first-order valence-electron chi connectivity index (χ1n) is 11.1. The Labute approximate surface area is 185 Å². The Kier molecular flexibility index (Phi) is 5.42. The second kappa shape index (κ2) is 8.38. The minimum atomic E-state index is -0.433. The molecule has 0 radical (unpaired) electrons. The van der Waals surface area contributed by atoms with E-state index in [0.29, 0.717) is 11.6 Å². The Morgan fingerprint density at radius 1 is 1.34 bits per heavy atom. The number of amides is 1. The van der Waals surface area contributed by atoms with Crippen molar-refractivity contribution < 1.29 is 14.3 Å². The fourth-order valence-electron chi connectivity index (χ4n) is 3.99. The molecule has 1 unspecified atom stereocenters. The highest BCUT2D eigenvalue weighted by Gasteiger charge is 2.26. The summed E-state index contributed by atoms with van der Waals surface area (Å²) < 4.78 is 14.8. The molecule has 1 saturated heterocycles. The molecule has 1 saturated carbocycles. The number of carbonyl (C=O) groups excluding carboxylic acids is 1. The largest absolute Gasteiger partial charge is 0.474 e. The van der Waals surface area contributed by atoms with Crippen molar-refractivity contribution in [3.05, 3.63) is 46.5 Å². The van der Waals surface area contributed by atoms with Crippen LogP contribution in [-0.2, 0) is 11.3 Å². The molecule has 1 aliphatic heterocycles. The molecule has 4 heterocycles. The van der Waals surface area contributed by atoms with Crippen LogP contribution >= 0.6 is 0 Å². The highest BCUT2D eigenvalue weighted by molar-refractivity contribution is 6.07. The predicted molar refractivity (Wildman–Crippen MR) is 119 cm³/mol. The van der Waals surface area contributed by atoms with Crippen molar-refractivity contribution in [2.45, 2.75) is 51.8 Å². The lowest BCUT2D eigenvalue weighted by atomic mass is 10.1. The van der Waals surface area contributed by atoms with Crippen LogP contribution in [0.15, 0.2) is 35.4 Å². The fraction of sp³-hybridized carbons (Fsp3) is 0.478. The molecule has 3 aromatic rings. The number of aromatic nitrogens is 4. The summed E-state index contributed by atoms with van der Waals surface area (Å²) in [4.78, 5) is 30.4. The number of nitrogens with zero attached hydrogens (tertiary/aromatic N) is 4. The zero-order valence-corrected chi connectivity index (χ0v) is 18.3. The molecule has 0 spiro atoms. The minimum Gasteiger partial charge on any atom is -0.474 e. The maximum absolute atomic E-state index is 13.2. The SMILES string of the molecule is CC(C)Oc1nc2nn(CC3CCOC3)cc2cc1C(=O)Nc1cccn(C2CC2)c1=O. The Hall–Kier alpha value is -3.20. The molecule has 9 nitrogen and oxygen atoms in total. The van der Waals surface area contributed by atoms with E-state index in [-0.39, 0.29) is 34.8 Å². The fourth-order valence-corrected chi connectivity index (χ4v) is 3.99. The molecule has 32 heavy (non-hydrogen) atoms. The van der Waals surface area contributed by atoms with Crippen LogP contribution in [0.5, 0.6) is 5.88 Å². The summed E-state index contributed by atoms with van der Waals surface area (Å²) in [7, 11) is 0. The smallest absolute Gasteiger partial charge is 0.274 e. The zero-order chi connectivity index (χ0) is 22.2. The van der Waals surface area contributed by atoms with Gasteiger partial charge in [0.2, 0.25) is 5.88 Å². The number of carbonyl (C=O) groups is 1. The van der Waals surface area contributed by atoms with Gasteiger partial charge in [0.05, 0.1) is 12.7 Å². The molecule has 9 heteroatoms. The van der Waals surface area contributed by atoms with Crippen molar-refractivity contribution in [3.63, 3.8) is 0 Å². The Morgan fingerprint density at radius 3 is 2.91 bits per heavy atom. The van der Waals surface area contributed by atoms with E-state index in [9.17, 15) is 9.59 Å². The lowest BCUT2D eigenvalue weighted by Crippen LogP contribution is -2.25. The van der Waals surface area contributed by atoms with E-state index in [1.807, 2.05) is 24.7 Å². The normalized spacial score (nSPS) is 18.4. The third-order valence-electron chi connectivity index (χ3n) is 5.73. The average molecular weight is 438 g/mol. The number of hydrogen-bond acceptors (Lipinski definition) is 6. The molecule has 1 atom stereocenters. The lowest BCUT2D eigenvalue weighted by molar-refractivity contribution is 0.102. The molecule has 1 aliphatic carbocycles. The van der Waals surface area contributed by atoms with E-state index in [1.165, 1.54) is 0 Å². The minimum absolute atomic E-state index is 0.173. The molecule has 3 aromatic heterocycles. The first-order chi connectivity index (χ1) is 15.5. The highest BCUT2D eigenvalue weighted by Crippen LogP contribution is 2.33. The Morgan fingerprint density at radius 2 is 2.19 bits per heavy atom. The van der Waals surface area contributed by atoms with Gasteiger partial charge in [-0.25, -0.2) is 0 Å². The van der Waals surface area contributed by atoms with Gasteiger partial charge in [0.1, 0.15) is 11.3 Å². The van der Waals surface area contributed by atoms with Crippen molar-refractivity contribution in [1.82, 2.24) is 19.3 Å². The summed E-state index contributed by atoms with van der Waals surface area (Å²) in [6.07, 6.45) is 6.46. The maximum Gasteiger partial charge on any atom is 0.274 e. The summed E-state index contributed by atoms with van der Waals surface area (Å²) in [5.74, 6) is 0.195. The van der Waals surface area contributed by atoms with Gasteiger partial charge in [0.15, 0.2) is 5.65 Å². The Balaban J connectivity index is 1.46. The second-order valence-electron chi connectivity index (χ2n) is 8.82. The molecule has 5 rings (SSSR count). The van der Waals surface area contributed by atoms with Gasteiger partial charge in [0.25, 0.3) is 11.5 Å². The van der Waals surface area contributed by atoms with Crippen molar-refractivity contribution in [1.29, 1.82) is 0 Å². The van der Waals surface area contributed by atoms with Crippen molar-refractivity contribution in [2.24, 2.45) is 5.92 Å². The van der Waals surface area contributed by atoms with E-state index < -0.39 is 5.91 Å². The predicted octanol–water partition coefficient (Wildman–Crippen LogP) is 3.00. The van der Waals surface area contributed by atoms with E-state index >= 15 is 0 Å². The molecule has 0 bridgehead atoms. The summed E-state index contributed by atoms with van der Waals surface area (Å²) >= 11 is 0.